The monoisotopic (exact) mass is 2130 g/mol. The van der Waals surface area contributed by atoms with Gasteiger partial charge in [-0.3, -0.25) is 28.8 Å². The van der Waals surface area contributed by atoms with Crippen LogP contribution in [-0.4, -0.2) is 312 Å². The van der Waals surface area contributed by atoms with Crippen molar-refractivity contribution in [3.63, 3.8) is 0 Å². The van der Waals surface area contributed by atoms with Crippen LogP contribution in [0, 0.1) is 16.7 Å². The van der Waals surface area contributed by atoms with E-state index in [-0.39, 0.29) is 94.0 Å². The quantitative estimate of drug-likeness (QED) is 0.0347. The van der Waals surface area contributed by atoms with E-state index < -0.39 is 97.6 Å². The first-order chi connectivity index (χ1) is 68.6. The summed E-state index contributed by atoms with van der Waals surface area (Å²) in [6, 6.07) is 12.8. The zero-order chi connectivity index (χ0) is 112. The summed E-state index contributed by atoms with van der Waals surface area (Å²) in [5.74, 6) is -7.15. The Kier molecular flexibility index (Phi) is 49.0. The Labute approximate surface area is 875 Å². The van der Waals surface area contributed by atoms with E-state index in [1.807, 2.05) is 167 Å². The topological polar surface area (TPSA) is 526 Å². The number of rotatable bonds is 14. The third-order valence-corrected chi connectivity index (χ3v) is 24.9. The number of aromatic nitrogens is 3. The lowest BCUT2D eigenvalue weighted by atomic mass is 9.80. The molecular formula is C103H154Cl2N10O33. The number of aryl methyl sites for hydroxylation is 1. The highest BCUT2D eigenvalue weighted by molar-refractivity contribution is 6.80. The third-order valence-electron chi connectivity index (χ3n) is 24.3. The molecule has 3 aromatic heterocycles. The van der Waals surface area contributed by atoms with E-state index >= 15 is 0 Å². The van der Waals surface area contributed by atoms with Crippen LogP contribution in [0.2, 0.25) is 5.02 Å². The molecule has 828 valence electrons. The predicted molar refractivity (Wildman–Crippen MR) is 540 cm³/mol. The van der Waals surface area contributed by atoms with Crippen LogP contribution < -0.4 is 11.1 Å². The van der Waals surface area contributed by atoms with Gasteiger partial charge in [0, 0.05) is 119 Å². The van der Waals surface area contributed by atoms with Gasteiger partial charge < -0.3 is 121 Å². The number of esters is 8. The number of nitrogens with one attached hydrogen (secondary N) is 1. The molecule has 5 fully saturated rings. The van der Waals surface area contributed by atoms with E-state index in [4.69, 9.17) is 60.3 Å². The summed E-state index contributed by atoms with van der Waals surface area (Å²) in [6.45, 7) is 43.2. The van der Waals surface area contributed by atoms with Crippen molar-refractivity contribution >= 4 is 130 Å². The molecule has 0 saturated carbocycles. The second-order valence-electron chi connectivity index (χ2n) is 42.2. The van der Waals surface area contributed by atoms with Crippen LogP contribution in [0.3, 0.4) is 0 Å². The number of hydrogen-bond donors (Lipinski definition) is 3. The van der Waals surface area contributed by atoms with Gasteiger partial charge in [-0.2, -0.15) is 0 Å². The highest BCUT2D eigenvalue weighted by Crippen LogP contribution is 2.38. The zero-order valence-corrected chi connectivity index (χ0v) is 92.3. The molecule has 148 heavy (non-hydrogen) atoms. The number of ether oxygens (including phenoxy) is 14. The first-order valence-electron chi connectivity index (χ1n) is 48.8. The Hall–Kier alpha value is -12.5. The first-order valence-corrected chi connectivity index (χ1v) is 49.6. The fourth-order valence-electron chi connectivity index (χ4n) is 15.9. The van der Waals surface area contributed by atoms with Gasteiger partial charge in [0.2, 0.25) is 0 Å². The van der Waals surface area contributed by atoms with Gasteiger partial charge in [0.1, 0.15) is 40.3 Å². The van der Waals surface area contributed by atoms with Crippen LogP contribution in [0.4, 0.5) is 28.8 Å². The minimum Gasteiger partial charge on any atom is -0.481 e. The number of carboxylic acid groups (broad SMARTS) is 1. The fraction of sp³-hybridized carbons (Fsp3) is 0.650. The van der Waals surface area contributed by atoms with E-state index in [1.165, 1.54) is 41.6 Å². The number of carbonyl (C=O) groups is 18. The van der Waals surface area contributed by atoms with Crippen molar-refractivity contribution in [1.82, 2.24) is 43.5 Å². The number of fused-ring (bicyclic) bond motifs is 3. The molecule has 43 nitrogen and oxygen atoms in total. The number of Topliss-reactive ketones (excluding diaryl/α,β-unsaturated/α-hetero) is 2. The number of carboxylic acids is 1. The standard InChI is InChI=1S/C19H28N2O4.C13H23NO4.C12H12ClNO5.C12H13NO5.2C12H21NO4.C11H22N2O2.C9H11NO2.C3H3ClO3/c1-18(2,3)25-17(23)21-12-10-19(4,11-13-21)20-16(22)24-14-15-8-6-5-7-9-15;1-12(2,3)18-11(16)14-8-6-13(4,7-9-14)10(15)17-5;1-18-11(16)7-6-4-3-5-14(6)9(8(7)13)10(15)12(17)19-2;1-17-11(15)7-6-9(10(14)12(16)18-2)13-5-3-4-8(7)13;1-11(2,3)17-10(16)13-7-5-12(4,6-8-13)9(14)15;1-12(2,3)17-11(15)13-7-5-9(6-8-13)10(14)16-4;1-10(2,3)15-9(14)13-7-5-11(4,12)6-8-13;1-12-9(11)7-4-6-10-5-2-3-8(7)10;1-7-3(6)2(4)5/h5-9H,10-14H2,1-4H3,(H,20,22);6-9H2,1-5H3;3-5H2,1-2H3;6H,3-5H2,1-2H3;5-8H2,1-4H3,(H,14,15);9H,5-8H2,1-4H3;5-8,12H2,1-4H3;4,6H,2-3,5H2,1H3;1H3. The molecule has 8 aliphatic rings. The van der Waals surface area contributed by atoms with Crippen LogP contribution in [0.25, 0.3) is 0 Å². The van der Waals surface area contributed by atoms with Gasteiger partial charge in [-0.25, -0.2) is 57.5 Å². The molecule has 6 amide bonds. The molecular weight excluding hydrogens is 1980 g/mol. The van der Waals surface area contributed by atoms with Crippen molar-refractivity contribution in [3.8, 4) is 0 Å². The van der Waals surface area contributed by atoms with Crippen molar-refractivity contribution in [1.29, 1.82) is 0 Å². The summed E-state index contributed by atoms with van der Waals surface area (Å²) in [4.78, 5) is 214. The summed E-state index contributed by atoms with van der Waals surface area (Å²) in [5.41, 5.74) is 6.78. The smallest absolute Gasteiger partial charge is 0.410 e. The highest BCUT2D eigenvalue weighted by atomic mass is 35.5. The number of nitrogens with two attached hydrogens (primary N) is 1. The average Bonchev–Trinajstić information content (AvgIpc) is 1.61. The van der Waals surface area contributed by atoms with Crippen molar-refractivity contribution in [2.75, 3.05) is 122 Å². The van der Waals surface area contributed by atoms with Crippen LogP contribution >= 0.6 is 23.2 Å². The fourth-order valence-corrected chi connectivity index (χ4v) is 16.3. The number of hydrogen-bond acceptors (Lipinski definition) is 33. The number of likely N-dealkylation sites (tertiary alicyclic amines) is 5. The zero-order valence-electron chi connectivity index (χ0n) is 90.8. The maximum Gasteiger partial charge on any atom is 0.410 e. The van der Waals surface area contributed by atoms with Crippen LogP contribution in [0.15, 0.2) is 48.7 Å². The van der Waals surface area contributed by atoms with E-state index in [9.17, 15) is 86.3 Å². The lowest BCUT2D eigenvalue weighted by Crippen LogP contribution is -2.54. The number of piperidine rings is 5. The van der Waals surface area contributed by atoms with E-state index in [1.54, 1.807) is 40.6 Å². The van der Waals surface area contributed by atoms with E-state index in [0.717, 1.165) is 88.9 Å². The highest BCUT2D eigenvalue weighted by Gasteiger charge is 2.44. The number of ketones is 2. The first kappa shape index (κ1) is 128. The Morgan fingerprint density at radius 3 is 1.19 bits per heavy atom. The molecule has 8 aliphatic heterocycles. The van der Waals surface area contributed by atoms with Gasteiger partial charge in [-0.15, -0.1) is 0 Å². The SMILES string of the molecule is CC(C)(C)OC(=O)N1CCC(C)(C(=O)O)CC1.CC1(N)CCN(C(=O)OC(C)(C)C)CC1.CC1(NC(=O)OCc2ccccc2)CCN(C(=O)OC(C)(C)C)CC1.COC(=O)C(=O)Cl.COC(=O)C(=O)c1c(Cl)c(C(=O)OC)c2n1CCC2.COC(=O)C(=O)c1cc(C(=O)OC)c2n1CCC2.COC(=O)C1(C)CCN(C(=O)OC(C)(C)C)CC1.COC(=O)C1CCN(C(=O)OC(C)(C)C)CC1.COC(=O)c1ccn2c1CCC2. The molecule has 11 heterocycles. The predicted octanol–water partition coefficient (Wildman–Crippen LogP) is 14.5. The summed E-state index contributed by atoms with van der Waals surface area (Å²) in [6.07, 6.45) is 11.5. The molecule has 0 bridgehead atoms. The molecule has 12 rings (SSSR count). The molecule has 4 aromatic rings. The summed E-state index contributed by atoms with van der Waals surface area (Å²) in [7, 11) is 10.1. The van der Waals surface area contributed by atoms with Gasteiger partial charge >= 0.3 is 95.5 Å². The van der Waals surface area contributed by atoms with Gasteiger partial charge in [-0.1, -0.05) is 41.9 Å². The Morgan fingerprint density at radius 1 is 0.419 bits per heavy atom. The summed E-state index contributed by atoms with van der Waals surface area (Å²) < 4.78 is 73.3. The maximum atomic E-state index is 12.1. The van der Waals surface area contributed by atoms with Crippen LogP contribution in [0.5, 0.6) is 0 Å². The van der Waals surface area contributed by atoms with E-state index in [0.29, 0.717) is 154 Å². The summed E-state index contributed by atoms with van der Waals surface area (Å²) in [5, 5.41) is 10.9. The van der Waals surface area contributed by atoms with Crippen molar-refractivity contribution < 1.29 is 158 Å². The largest absolute Gasteiger partial charge is 0.481 e. The van der Waals surface area contributed by atoms with E-state index in [2.05, 4.69) is 49.9 Å². The number of amides is 6. The number of benzene rings is 1. The Morgan fingerprint density at radius 2 is 0.797 bits per heavy atom. The number of aliphatic carboxylic acids is 1. The normalized spacial score (nSPS) is 16.5. The molecule has 0 unspecified atom stereocenters. The number of methoxy groups -OCH3 is 8. The van der Waals surface area contributed by atoms with Crippen molar-refractivity contribution in [3.05, 3.63) is 104 Å². The number of alkyl carbamates (subject to hydrolysis) is 1. The Bertz CT molecular complexity index is 5230. The van der Waals surface area contributed by atoms with Crippen LogP contribution in [-0.2, 0) is 145 Å². The molecule has 0 radical (unpaired) electrons. The van der Waals surface area contributed by atoms with Gasteiger partial charge in [0.15, 0.2) is 0 Å². The van der Waals surface area contributed by atoms with Gasteiger partial charge in [0.05, 0.1) is 101 Å². The maximum absolute atomic E-state index is 12.1. The minimum absolute atomic E-state index is 0.00131. The van der Waals surface area contributed by atoms with Crippen LogP contribution in [0.1, 0.15) is 290 Å². The lowest BCUT2D eigenvalue weighted by molar-refractivity contribution is -0.154. The number of nitrogens with zero attached hydrogens (tertiary/aromatic N) is 8. The molecule has 0 aliphatic carbocycles. The van der Waals surface area contributed by atoms with Gasteiger partial charge in [0.25, 0.3) is 11.6 Å². The molecule has 1 aromatic carbocycles. The minimum atomic E-state index is -1.09. The molecule has 4 N–H and O–H groups in total. The van der Waals surface area contributed by atoms with Gasteiger partial charge in [-0.05, 0) is 264 Å². The number of halogens is 2. The third kappa shape index (κ3) is 40.8. The second kappa shape index (κ2) is 56.7. The molecule has 0 spiro atoms. The average molecular weight is 2130 g/mol. The number of carbonyl (C=O) groups excluding carboxylic acids is 17. The Balaban J connectivity index is 0.000000351. The second-order valence-corrected chi connectivity index (χ2v) is 42.9. The molecule has 0 atom stereocenters. The van der Waals surface area contributed by atoms with Crippen molar-refractivity contribution in [2.45, 2.75) is 300 Å². The lowest BCUT2D eigenvalue weighted by Gasteiger charge is -2.39. The van der Waals surface area contributed by atoms with Crippen molar-refractivity contribution in [2.24, 2.45) is 22.5 Å². The molecule has 45 heteroatoms. The molecule has 5 saturated heterocycles. The summed E-state index contributed by atoms with van der Waals surface area (Å²) >= 11 is 10.7.